The number of fused-ring (bicyclic) bond motifs is 8. The van der Waals surface area contributed by atoms with Crippen molar-refractivity contribution in [2.24, 2.45) is 0 Å². The van der Waals surface area contributed by atoms with Crippen LogP contribution in [0.2, 0.25) is 0 Å². The Labute approximate surface area is 377 Å². The average molecular weight is 757 g/mol. The van der Waals surface area contributed by atoms with Gasteiger partial charge in [0.15, 0.2) is 0 Å². The molecule has 55 heavy (non-hydrogen) atoms. The lowest BCUT2D eigenvalue weighted by molar-refractivity contribution is 0.660. The van der Waals surface area contributed by atoms with Gasteiger partial charge in [-0.05, 0) is 108 Å². The van der Waals surface area contributed by atoms with Crippen LogP contribution in [0.3, 0.4) is 0 Å². The Bertz CT molecular complexity index is 5130. The van der Waals surface area contributed by atoms with Crippen molar-refractivity contribution in [3.8, 4) is 33.4 Å². The van der Waals surface area contributed by atoms with Crippen molar-refractivity contribution in [2.75, 3.05) is 4.90 Å². The first-order valence-electron chi connectivity index (χ1n) is 34.6. The maximum atomic E-state index is 10.5. The average Bonchev–Trinajstić information content (AvgIpc) is 1.46. The van der Waals surface area contributed by atoms with E-state index in [1.165, 1.54) is 0 Å². The SMILES string of the molecule is [2H]c1c([2H])c([2H])c2c(c1[2H])-c1c([2H])c([2H])c(N(c3c([2H])c([2H])c([2H])c(-c4c([2H])c([2H])c5c([2H])c([2H])c([2H])c([2H])c5c4-c4c([2H])c([2H])c([2H])c5c([2H])c([2H])c([2H])c([2H])c45)c3[2H])c3c([2H])c([2H])c([2H])c4sc5c([2H])c([2H])c([2H])c([2H])c5c34)c([2H])c1C2(C([2H])([2H])[2H])C([2H])([2H])[2H]. The number of thiophene rings is 1. The number of nitrogens with zero attached hydrogens (tertiary/aromatic N) is 1. The largest absolute Gasteiger partial charge is 0.310 e. The van der Waals surface area contributed by atoms with E-state index in [2.05, 4.69) is 0 Å². The summed E-state index contributed by atoms with van der Waals surface area (Å²) >= 11 is 0.410. The number of hydrogen-bond donors (Lipinski definition) is 0. The quantitative estimate of drug-likeness (QED) is 0.169. The molecule has 0 atom stereocenters. The molecule has 0 spiro atoms. The normalized spacial score (nSPS) is 23.0. The minimum atomic E-state index is -4.09. The minimum absolute atomic E-state index is 0.266. The van der Waals surface area contributed by atoms with Crippen molar-refractivity contribution >= 4 is 70.1 Å². The molecule has 0 saturated heterocycles. The first-order valence-corrected chi connectivity index (χ1v) is 16.9. The third-order valence-corrected chi connectivity index (χ3v) is 10.0. The molecule has 0 N–H and O–H groups in total. The molecule has 11 rings (SSSR count). The summed E-state index contributed by atoms with van der Waals surface area (Å²) in [5.41, 5.74) is -16.8. The summed E-state index contributed by atoms with van der Waals surface area (Å²) in [6.07, 6.45) is 0. The third kappa shape index (κ3) is 4.92. The molecule has 0 amide bonds. The van der Waals surface area contributed by atoms with Gasteiger partial charge in [-0.15, -0.1) is 11.3 Å². The van der Waals surface area contributed by atoms with Gasteiger partial charge in [-0.3, -0.25) is 0 Å². The molecule has 0 radical (unpaired) electrons. The van der Waals surface area contributed by atoms with Gasteiger partial charge in [-0.25, -0.2) is 0 Å². The maximum Gasteiger partial charge on any atom is 0.0651 e. The van der Waals surface area contributed by atoms with Crippen molar-refractivity contribution in [3.63, 3.8) is 0 Å². The summed E-state index contributed by atoms with van der Waals surface area (Å²) in [6, 6.07) is -36.0. The molecule has 0 bridgehead atoms. The minimum Gasteiger partial charge on any atom is -0.310 e. The Morgan fingerprint density at radius 3 is 2.00 bits per heavy atom. The van der Waals surface area contributed by atoms with Gasteiger partial charge in [0, 0.05) is 45.2 Å². The molecular weight excluding hydrogens is 683 g/mol. The first-order chi connectivity index (χ1) is 42.5. The van der Waals surface area contributed by atoms with Gasteiger partial charge < -0.3 is 4.90 Å². The Morgan fingerprint density at radius 1 is 0.473 bits per heavy atom. The van der Waals surface area contributed by atoms with Crippen molar-refractivity contribution < 1.29 is 50.7 Å². The topological polar surface area (TPSA) is 3.24 Å². The zero-order valence-corrected chi connectivity index (χ0v) is 28.2. The Morgan fingerprint density at radius 2 is 1.11 bits per heavy atom. The van der Waals surface area contributed by atoms with Gasteiger partial charge in [-0.2, -0.15) is 0 Å². The van der Waals surface area contributed by atoms with E-state index in [9.17, 15) is 21.9 Å². The number of anilines is 3. The van der Waals surface area contributed by atoms with Crippen molar-refractivity contribution in [2.45, 2.75) is 19.1 Å². The van der Waals surface area contributed by atoms with E-state index in [1.807, 2.05) is 0 Å². The molecule has 1 aromatic heterocycles. The highest BCUT2D eigenvalue weighted by atomic mass is 32.1. The smallest absolute Gasteiger partial charge is 0.0651 e. The molecule has 1 aliphatic rings. The van der Waals surface area contributed by atoms with Crippen LogP contribution in [0.15, 0.2) is 187 Å². The number of benzene rings is 9. The summed E-state index contributed by atoms with van der Waals surface area (Å²) in [7, 11) is 0. The molecule has 260 valence electrons. The van der Waals surface area contributed by atoms with Crippen LogP contribution < -0.4 is 4.90 Å². The molecular formula is C53H37NS. The molecule has 1 heterocycles. The number of hydrogen-bond acceptors (Lipinski definition) is 2. The van der Waals surface area contributed by atoms with Crippen LogP contribution in [0.4, 0.5) is 17.1 Å². The van der Waals surface area contributed by atoms with E-state index < -0.39 is 310 Å². The molecule has 1 aliphatic carbocycles. The third-order valence-electron chi connectivity index (χ3n) is 9.01. The van der Waals surface area contributed by atoms with Gasteiger partial charge in [0.2, 0.25) is 0 Å². The molecule has 0 saturated carbocycles. The fourth-order valence-electron chi connectivity index (χ4n) is 6.64. The highest BCUT2D eigenvalue weighted by Gasteiger charge is 2.36. The Balaban J connectivity index is 1.47. The van der Waals surface area contributed by atoms with Crippen LogP contribution in [0.1, 0.15) is 75.5 Å². The van der Waals surface area contributed by atoms with Gasteiger partial charge in [0.05, 0.1) is 48.2 Å². The van der Waals surface area contributed by atoms with E-state index in [1.54, 1.807) is 0 Å². The summed E-state index contributed by atoms with van der Waals surface area (Å²) in [4.78, 5) is 0.266. The highest BCUT2D eigenvalue weighted by molar-refractivity contribution is 7.26. The van der Waals surface area contributed by atoms with Crippen LogP contribution in [0, 0.1) is 0 Å². The lowest BCUT2D eigenvalue weighted by Gasteiger charge is -2.29. The summed E-state index contributed by atoms with van der Waals surface area (Å²) < 4.78 is 341. The first kappa shape index (κ1) is 12.0. The zero-order chi connectivity index (χ0) is 68.7. The van der Waals surface area contributed by atoms with Crippen molar-refractivity contribution in [3.05, 3.63) is 198 Å². The molecule has 10 aromatic rings. The molecule has 1 nitrogen and oxygen atoms in total. The lowest BCUT2D eigenvalue weighted by atomic mass is 9.82. The van der Waals surface area contributed by atoms with E-state index in [0.29, 0.717) is 11.3 Å². The second-order valence-electron chi connectivity index (χ2n) is 12.0. The summed E-state index contributed by atoms with van der Waals surface area (Å²) in [5.74, 6) is 0. The van der Waals surface area contributed by atoms with E-state index in [-0.39, 0.29) is 4.90 Å². The van der Waals surface area contributed by atoms with E-state index in [0.717, 1.165) is 0 Å². The van der Waals surface area contributed by atoms with Crippen LogP contribution in [-0.2, 0) is 5.41 Å². The maximum absolute atomic E-state index is 10.5. The molecule has 2 heteroatoms. The van der Waals surface area contributed by atoms with Crippen LogP contribution in [0.25, 0.3) is 75.1 Å². The van der Waals surface area contributed by atoms with Gasteiger partial charge >= 0.3 is 0 Å². The summed E-state index contributed by atoms with van der Waals surface area (Å²) in [6.45, 7) is -8.19. The predicted octanol–water partition coefficient (Wildman–Crippen LogP) is 15.5. The van der Waals surface area contributed by atoms with Gasteiger partial charge in [0.25, 0.3) is 0 Å². The standard InChI is InChI=1S/C53H37NS/c1-53(2)46-24-9-7-21-42(46)43-31-29-38(33-47(43)53)54(48-25-13-27-50-52(48)45-22-8-10-26-49(45)55-50)37-18-11-17-36(32-37)41-30-28-35-15-4-6-20-40(35)51(41)44-23-12-16-34-14-3-5-19-39(34)44/h3-33H,1-2H3/i1D3,2D3,3D,4D,5D,6D,7D,8D,9D,10D,11D,12D,13D,14D,15D,16D,17D,18D,19D,20D,21D,22D,23D,24D,25D,26D,27D,28D,29D,30D,31D,32D,33D. The van der Waals surface area contributed by atoms with Crippen LogP contribution in [-0.4, -0.2) is 0 Å². The molecule has 0 unspecified atom stereocenters. The molecule has 0 fully saturated rings. The van der Waals surface area contributed by atoms with E-state index in [4.69, 9.17) is 28.8 Å². The molecule has 9 aromatic carbocycles. The molecule has 0 aliphatic heterocycles. The highest BCUT2D eigenvalue weighted by Crippen LogP contribution is 2.52. The van der Waals surface area contributed by atoms with Gasteiger partial charge in [-0.1, -0.05) is 159 Å². The van der Waals surface area contributed by atoms with Crippen molar-refractivity contribution in [1.82, 2.24) is 0 Å². The second-order valence-corrected chi connectivity index (χ2v) is 13.0. The summed E-state index contributed by atoms with van der Waals surface area (Å²) in [5, 5.41) is -4.78. The lowest BCUT2D eigenvalue weighted by Crippen LogP contribution is -2.16. The van der Waals surface area contributed by atoms with Crippen molar-refractivity contribution in [1.29, 1.82) is 0 Å². The van der Waals surface area contributed by atoms with Gasteiger partial charge in [0.1, 0.15) is 0 Å². The van der Waals surface area contributed by atoms with Crippen LogP contribution >= 0.6 is 11.3 Å². The fraction of sp³-hybridized carbons (Fsp3) is 0.0566. The second kappa shape index (κ2) is 12.3. The Hall–Kier alpha value is -6.48. The fourth-order valence-corrected chi connectivity index (χ4v) is 7.61. The number of rotatable bonds is 5. The predicted molar refractivity (Wildman–Crippen MR) is 237 cm³/mol. The van der Waals surface area contributed by atoms with Crippen LogP contribution in [0.5, 0.6) is 0 Å². The van der Waals surface area contributed by atoms with E-state index >= 15 is 0 Å². The zero-order valence-electron chi connectivity index (χ0n) is 64.4. The Kier molecular flexibility index (Phi) is 2.68. The monoisotopic (exact) mass is 756 g/mol.